The quantitative estimate of drug-likeness (QED) is 0.773. The number of ether oxygens (including phenoxy) is 2. The molecular formula is C20H24N2O4. The van der Waals surface area contributed by atoms with Gasteiger partial charge < -0.3 is 14.8 Å². The van der Waals surface area contributed by atoms with E-state index in [2.05, 4.69) is 5.32 Å². The number of esters is 1. The normalized spacial score (nSPS) is 10.5. The lowest BCUT2D eigenvalue weighted by atomic mass is 10.1. The van der Waals surface area contributed by atoms with Crippen LogP contribution in [-0.4, -0.2) is 44.6 Å². The van der Waals surface area contributed by atoms with Gasteiger partial charge in [0, 0.05) is 12.2 Å². The smallest absolute Gasteiger partial charge is 0.337 e. The van der Waals surface area contributed by atoms with Crippen LogP contribution in [0.3, 0.4) is 0 Å². The minimum absolute atomic E-state index is 0.147. The van der Waals surface area contributed by atoms with Gasteiger partial charge in [-0.1, -0.05) is 18.2 Å². The molecule has 26 heavy (non-hydrogen) atoms. The van der Waals surface area contributed by atoms with E-state index in [-0.39, 0.29) is 12.5 Å². The third kappa shape index (κ3) is 5.32. The Balaban J connectivity index is 1.96. The Morgan fingerprint density at radius 3 is 2.38 bits per heavy atom. The molecule has 0 heterocycles. The lowest BCUT2D eigenvalue weighted by molar-refractivity contribution is -0.117. The minimum Gasteiger partial charge on any atom is -0.497 e. The number of methoxy groups -OCH3 is 2. The lowest BCUT2D eigenvalue weighted by Crippen LogP contribution is -2.30. The van der Waals surface area contributed by atoms with Crippen molar-refractivity contribution in [1.82, 2.24) is 4.90 Å². The molecule has 0 spiro atoms. The summed E-state index contributed by atoms with van der Waals surface area (Å²) in [5.74, 6) is 0.221. The van der Waals surface area contributed by atoms with E-state index in [0.29, 0.717) is 17.8 Å². The molecule has 1 amide bonds. The average Bonchev–Trinajstić information content (AvgIpc) is 2.63. The Morgan fingerprint density at radius 2 is 1.77 bits per heavy atom. The van der Waals surface area contributed by atoms with Crippen molar-refractivity contribution >= 4 is 17.6 Å². The molecule has 0 bridgehead atoms. The first kappa shape index (κ1) is 19.5. The number of nitrogens with zero attached hydrogens (tertiary/aromatic N) is 1. The van der Waals surface area contributed by atoms with Gasteiger partial charge in [-0.2, -0.15) is 0 Å². The second-order valence-electron chi connectivity index (χ2n) is 6.09. The highest BCUT2D eigenvalue weighted by Gasteiger charge is 2.12. The Kier molecular flexibility index (Phi) is 6.74. The molecule has 2 aromatic rings. The van der Waals surface area contributed by atoms with Crippen molar-refractivity contribution in [3.05, 3.63) is 59.2 Å². The second kappa shape index (κ2) is 9.01. The van der Waals surface area contributed by atoms with Crippen LogP contribution in [0.2, 0.25) is 0 Å². The van der Waals surface area contributed by atoms with Crippen LogP contribution >= 0.6 is 0 Å². The van der Waals surface area contributed by atoms with Gasteiger partial charge in [0.15, 0.2) is 0 Å². The minimum atomic E-state index is -0.433. The summed E-state index contributed by atoms with van der Waals surface area (Å²) >= 11 is 0. The zero-order chi connectivity index (χ0) is 19.1. The van der Waals surface area contributed by atoms with Gasteiger partial charge in [-0.25, -0.2) is 4.79 Å². The van der Waals surface area contributed by atoms with Crippen LogP contribution in [0.25, 0.3) is 0 Å². The number of carbonyl (C=O) groups is 2. The molecule has 0 aliphatic heterocycles. The Labute approximate surface area is 153 Å². The number of anilines is 1. The number of amides is 1. The predicted octanol–water partition coefficient (Wildman–Crippen LogP) is 2.86. The van der Waals surface area contributed by atoms with Crippen molar-refractivity contribution in [3.8, 4) is 5.75 Å². The maximum atomic E-state index is 12.3. The molecule has 6 nitrogen and oxygen atoms in total. The third-order valence-corrected chi connectivity index (χ3v) is 3.96. The summed E-state index contributed by atoms with van der Waals surface area (Å²) in [6.45, 7) is 2.74. The molecule has 0 unspecified atom stereocenters. The number of aryl methyl sites for hydroxylation is 1. The number of likely N-dealkylation sites (N-methyl/N-ethyl adjacent to an activating group) is 1. The largest absolute Gasteiger partial charge is 0.497 e. The molecular weight excluding hydrogens is 332 g/mol. The van der Waals surface area contributed by atoms with Crippen LogP contribution in [0.4, 0.5) is 5.69 Å². The fourth-order valence-corrected chi connectivity index (χ4v) is 2.53. The summed E-state index contributed by atoms with van der Waals surface area (Å²) in [6, 6.07) is 12.8. The summed E-state index contributed by atoms with van der Waals surface area (Å²) < 4.78 is 9.85. The maximum Gasteiger partial charge on any atom is 0.337 e. The standard InChI is InChI=1S/C20H24N2O4/c1-14-5-8-16(20(24)26-4)11-18(14)21-19(23)13-22(2)12-15-6-9-17(25-3)10-7-15/h5-11H,12-13H2,1-4H3,(H,21,23). The van der Waals surface area contributed by atoms with Crippen LogP contribution in [0.15, 0.2) is 42.5 Å². The van der Waals surface area contributed by atoms with Gasteiger partial charge in [-0.15, -0.1) is 0 Å². The van der Waals surface area contributed by atoms with Crippen LogP contribution in [-0.2, 0) is 16.1 Å². The fraction of sp³-hybridized carbons (Fsp3) is 0.300. The highest BCUT2D eigenvalue weighted by atomic mass is 16.5. The molecule has 0 saturated carbocycles. The van der Waals surface area contributed by atoms with Crippen molar-refractivity contribution in [1.29, 1.82) is 0 Å². The molecule has 0 atom stereocenters. The average molecular weight is 356 g/mol. The van der Waals surface area contributed by atoms with Crippen LogP contribution < -0.4 is 10.1 Å². The second-order valence-corrected chi connectivity index (χ2v) is 6.09. The number of nitrogens with one attached hydrogen (secondary N) is 1. The lowest BCUT2D eigenvalue weighted by Gasteiger charge is -2.17. The first-order valence-electron chi connectivity index (χ1n) is 8.23. The van der Waals surface area contributed by atoms with E-state index in [9.17, 15) is 9.59 Å². The zero-order valence-corrected chi connectivity index (χ0v) is 15.5. The summed E-state index contributed by atoms with van der Waals surface area (Å²) in [5, 5.41) is 2.86. The monoisotopic (exact) mass is 356 g/mol. The van der Waals surface area contributed by atoms with E-state index in [4.69, 9.17) is 9.47 Å². The van der Waals surface area contributed by atoms with Crippen LogP contribution in [0, 0.1) is 6.92 Å². The summed E-state index contributed by atoms with van der Waals surface area (Å²) in [4.78, 5) is 25.9. The molecule has 1 N–H and O–H groups in total. The van der Waals surface area contributed by atoms with Crippen molar-refractivity contribution in [2.24, 2.45) is 0 Å². The van der Waals surface area contributed by atoms with E-state index < -0.39 is 5.97 Å². The van der Waals surface area contributed by atoms with Gasteiger partial charge in [-0.3, -0.25) is 9.69 Å². The van der Waals surface area contributed by atoms with Gasteiger partial charge in [0.05, 0.1) is 26.3 Å². The number of benzene rings is 2. The van der Waals surface area contributed by atoms with Crippen molar-refractivity contribution in [3.63, 3.8) is 0 Å². The number of rotatable bonds is 7. The predicted molar refractivity (Wildman–Crippen MR) is 100 cm³/mol. The third-order valence-electron chi connectivity index (χ3n) is 3.96. The van der Waals surface area contributed by atoms with Crippen LogP contribution in [0.1, 0.15) is 21.5 Å². The van der Waals surface area contributed by atoms with Crippen molar-refractivity contribution < 1.29 is 19.1 Å². The molecule has 0 aliphatic rings. The molecule has 0 aliphatic carbocycles. The number of carbonyl (C=O) groups excluding carboxylic acids is 2. The highest BCUT2D eigenvalue weighted by Crippen LogP contribution is 2.18. The summed E-state index contributed by atoms with van der Waals surface area (Å²) in [5.41, 5.74) is 2.98. The van der Waals surface area contributed by atoms with Crippen LogP contribution in [0.5, 0.6) is 5.75 Å². The van der Waals surface area contributed by atoms with Crippen molar-refractivity contribution in [2.75, 3.05) is 33.1 Å². The van der Waals surface area contributed by atoms with E-state index in [0.717, 1.165) is 16.9 Å². The van der Waals surface area contributed by atoms with Gasteiger partial charge in [0.25, 0.3) is 0 Å². The van der Waals surface area contributed by atoms with E-state index >= 15 is 0 Å². The van der Waals surface area contributed by atoms with E-state index in [1.165, 1.54) is 7.11 Å². The van der Waals surface area contributed by atoms with Gasteiger partial charge in [0.1, 0.15) is 5.75 Å². The Morgan fingerprint density at radius 1 is 1.08 bits per heavy atom. The van der Waals surface area contributed by atoms with Gasteiger partial charge in [0.2, 0.25) is 5.91 Å². The molecule has 0 radical (unpaired) electrons. The van der Waals surface area contributed by atoms with E-state index in [1.54, 1.807) is 25.3 Å². The fourth-order valence-electron chi connectivity index (χ4n) is 2.53. The van der Waals surface area contributed by atoms with E-state index in [1.807, 2.05) is 43.1 Å². The summed E-state index contributed by atoms with van der Waals surface area (Å²) in [7, 11) is 4.83. The highest BCUT2D eigenvalue weighted by molar-refractivity contribution is 5.96. The van der Waals surface area contributed by atoms with Crippen molar-refractivity contribution in [2.45, 2.75) is 13.5 Å². The Hall–Kier alpha value is -2.86. The Bertz CT molecular complexity index is 772. The number of hydrogen-bond acceptors (Lipinski definition) is 5. The van der Waals surface area contributed by atoms with Gasteiger partial charge >= 0.3 is 5.97 Å². The SMILES string of the molecule is COC(=O)c1ccc(C)c(NC(=O)CN(C)Cc2ccc(OC)cc2)c1. The molecule has 0 fully saturated rings. The number of hydrogen-bond donors (Lipinski definition) is 1. The zero-order valence-electron chi connectivity index (χ0n) is 15.5. The topological polar surface area (TPSA) is 67.9 Å². The molecule has 0 saturated heterocycles. The first-order valence-corrected chi connectivity index (χ1v) is 8.23. The molecule has 2 rings (SSSR count). The first-order chi connectivity index (χ1) is 12.4. The molecule has 0 aromatic heterocycles. The molecule has 2 aromatic carbocycles. The summed E-state index contributed by atoms with van der Waals surface area (Å²) in [6.07, 6.45) is 0. The molecule has 6 heteroatoms. The van der Waals surface area contributed by atoms with Gasteiger partial charge in [-0.05, 0) is 49.4 Å². The maximum absolute atomic E-state index is 12.3. The molecule has 138 valence electrons.